The minimum absolute atomic E-state index is 0.0568. The number of methoxy groups -OCH3 is 1. The predicted molar refractivity (Wildman–Crippen MR) is 120 cm³/mol. The first-order valence-corrected chi connectivity index (χ1v) is 10.8. The topological polar surface area (TPSA) is 65.1 Å². The molecule has 0 N–H and O–H groups in total. The minimum Gasteiger partial charge on any atom is -0.496 e. The zero-order valence-electron chi connectivity index (χ0n) is 17.4. The van der Waals surface area contributed by atoms with Crippen LogP contribution in [0.15, 0.2) is 53.9 Å². The number of ketones is 1. The molecular formula is C24H23NO5S. The van der Waals surface area contributed by atoms with Crippen LogP contribution in [-0.2, 0) is 17.8 Å². The average Bonchev–Trinajstić information content (AvgIpc) is 3.30. The second-order valence-corrected chi connectivity index (χ2v) is 8.18. The number of anilines is 1. The van der Waals surface area contributed by atoms with Gasteiger partial charge in [-0.1, -0.05) is 6.07 Å². The smallest absolute Gasteiger partial charge is 0.231 e. The molecule has 0 radical (unpaired) electrons. The van der Waals surface area contributed by atoms with Crippen molar-refractivity contribution >= 4 is 28.7 Å². The minimum atomic E-state index is -0.107. The Morgan fingerprint density at radius 3 is 2.58 bits per heavy atom. The van der Waals surface area contributed by atoms with E-state index in [1.807, 2.05) is 35.7 Å². The van der Waals surface area contributed by atoms with Gasteiger partial charge in [-0.25, -0.2) is 0 Å². The van der Waals surface area contributed by atoms with Gasteiger partial charge >= 0.3 is 0 Å². The number of rotatable bonds is 7. The summed E-state index contributed by atoms with van der Waals surface area (Å²) in [5.41, 5.74) is 1.95. The highest BCUT2D eigenvalue weighted by Gasteiger charge is 2.22. The third-order valence-corrected chi connectivity index (χ3v) is 5.92. The van der Waals surface area contributed by atoms with Crippen LogP contribution in [0.25, 0.3) is 0 Å². The lowest BCUT2D eigenvalue weighted by Crippen LogP contribution is -2.32. The molecule has 0 atom stereocenters. The van der Waals surface area contributed by atoms with E-state index in [1.54, 1.807) is 41.5 Å². The second-order valence-electron chi connectivity index (χ2n) is 7.15. The zero-order chi connectivity index (χ0) is 21.8. The maximum absolute atomic E-state index is 13.5. The maximum atomic E-state index is 13.5. The lowest BCUT2D eigenvalue weighted by Gasteiger charge is -2.25. The van der Waals surface area contributed by atoms with E-state index in [4.69, 9.17) is 14.2 Å². The van der Waals surface area contributed by atoms with E-state index >= 15 is 0 Å². The highest BCUT2D eigenvalue weighted by molar-refractivity contribution is 7.09. The number of carbonyl (C=O) groups is 2. The van der Waals surface area contributed by atoms with E-state index in [0.29, 0.717) is 48.1 Å². The lowest BCUT2D eigenvalue weighted by molar-refractivity contribution is -0.118. The highest BCUT2D eigenvalue weighted by atomic mass is 32.1. The molecular weight excluding hydrogens is 414 g/mol. The quantitative estimate of drug-likeness (QED) is 0.509. The first kappa shape index (κ1) is 20.9. The molecule has 1 aromatic heterocycles. The standard InChI is InChI=1S/C24H23NO5S/c1-16(26)17-5-7-21(28-2)18(12-17)13-24(27)25(15-20-4-3-11-31-20)19-6-8-22-23(14-19)30-10-9-29-22/h3-8,11-12,14H,9-10,13,15H2,1-2H3. The maximum Gasteiger partial charge on any atom is 0.231 e. The Balaban J connectivity index is 1.66. The number of nitrogens with zero attached hydrogens (tertiary/aromatic N) is 1. The first-order chi connectivity index (χ1) is 15.0. The van der Waals surface area contributed by atoms with Crippen molar-refractivity contribution < 1.29 is 23.8 Å². The number of Topliss-reactive ketones (excluding diaryl/α,β-unsaturated/α-hetero) is 1. The van der Waals surface area contributed by atoms with Crippen molar-refractivity contribution in [1.29, 1.82) is 0 Å². The number of carbonyl (C=O) groups excluding carboxylic acids is 2. The molecule has 6 nitrogen and oxygen atoms in total. The van der Waals surface area contributed by atoms with Gasteiger partial charge in [0.2, 0.25) is 5.91 Å². The van der Waals surface area contributed by atoms with Gasteiger partial charge in [-0.15, -0.1) is 11.3 Å². The molecule has 3 aromatic rings. The molecule has 0 aliphatic carbocycles. The number of thiophene rings is 1. The molecule has 160 valence electrons. The number of ether oxygens (including phenoxy) is 3. The van der Waals surface area contributed by atoms with Gasteiger partial charge in [-0.2, -0.15) is 0 Å². The highest BCUT2D eigenvalue weighted by Crippen LogP contribution is 2.35. The molecule has 2 aromatic carbocycles. The second kappa shape index (κ2) is 9.22. The Morgan fingerprint density at radius 1 is 1.06 bits per heavy atom. The van der Waals surface area contributed by atoms with E-state index in [2.05, 4.69) is 0 Å². The summed E-state index contributed by atoms with van der Waals surface area (Å²) >= 11 is 1.59. The van der Waals surface area contributed by atoms with Crippen molar-refractivity contribution in [1.82, 2.24) is 0 Å². The average molecular weight is 438 g/mol. The van der Waals surface area contributed by atoms with Crippen LogP contribution in [0, 0.1) is 0 Å². The molecule has 0 saturated heterocycles. The molecule has 1 aliphatic heterocycles. The van der Waals surface area contributed by atoms with E-state index in [9.17, 15) is 9.59 Å². The summed E-state index contributed by atoms with van der Waals surface area (Å²) in [6.07, 6.45) is 0.101. The van der Waals surface area contributed by atoms with E-state index in [1.165, 1.54) is 6.92 Å². The number of fused-ring (bicyclic) bond motifs is 1. The Bertz CT molecular complexity index is 1090. The Kier molecular flexibility index (Phi) is 6.23. The Morgan fingerprint density at radius 2 is 1.87 bits per heavy atom. The van der Waals surface area contributed by atoms with Gasteiger partial charge in [-0.3, -0.25) is 9.59 Å². The zero-order valence-corrected chi connectivity index (χ0v) is 18.2. The Hall–Kier alpha value is -3.32. The van der Waals surface area contributed by atoms with E-state index < -0.39 is 0 Å². The molecule has 2 heterocycles. The van der Waals surface area contributed by atoms with Gasteiger partial charge in [0.25, 0.3) is 0 Å². The largest absolute Gasteiger partial charge is 0.496 e. The van der Waals surface area contributed by atoms with Crippen molar-refractivity contribution in [3.8, 4) is 17.2 Å². The molecule has 0 fully saturated rings. The molecule has 0 unspecified atom stereocenters. The van der Waals surface area contributed by atoms with Gasteiger partial charge in [-0.05, 0) is 48.7 Å². The van der Waals surface area contributed by atoms with Gasteiger partial charge < -0.3 is 19.1 Å². The number of hydrogen-bond acceptors (Lipinski definition) is 6. The third-order valence-electron chi connectivity index (χ3n) is 5.06. The van der Waals surface area contributed by atoms with Gasteiger partial charge in [0.15, 0.2) is 17.3 Å². The molecule has 1 amide bonds. The SMILES string of the molecule is COc1ccc(C(C)=O)cc1CC(=O)N(Cc1cccs1)c1ccc2c(c1)OCCO2. The van der Waals surface area contributed by atoms with E-state index in [0.717, 1.165) is 10.6 Å². The Labute approximate surface area is 185 Å². The molecule has 0 saturated carbocycles. The summed E-state index contributed by atoms with van der Waals surface area (Å²) in [5.74, 6) is 1.72. The van der Waals surface area contributed by atoms with Crippen LogP contribution < -0.4 is 19.1 Å². The van der Waals surface area contributed by atoms with Crippen molar-refractivity contribution in [2.75, 3.05) is 25.2 Å². The summed E-state index contributed by atoms with van der Waals surface area (Å²) in [4.78, 5) is 28.1. The summed E-state index contributed by atoms with van der Waals surface area (Å²) in [6, 6.07) is 14.7. The van der Waals surface area contributed by atoms with Crippen molar-refractivity contribution in [2.45, 2.75) is 19.9 Å². The normalized spacial score (nSPS) is 12.3. The number of amides is 1. The summed E-state index contributed by atoms with van der Waals surface area (Å²) in [5, 5.41) is 1.99. The molecule has 0 spiro atoms. The predicted octanol–water partition coefficient (Wildman–Crippen LogP) is 4.51. The van der Waals surface area contributed by atoms with Gasteiger partial charge in [0, 0.05) is 27.8 Å². The van der Waals surface area contributed by atoms with Crippen molar-refractivity contribution in [3.63, 3.8) is 0 Å². The van der Waals surface area contributed by atoms with Gasteiger partial charge in [0.1, 0.15) is 19.0 Å². The fraction of sp³-hybridized carbons (Fsp3) is 0.250. The summed E-state index contributed by atoms with van der Waals surface area (Å²) < 4.78 is 16.7. The van der Waals surface area contributed by atoms with Crippen LogP contribution in [0.2, 0.25) is 0 Å². The first-order valence-electron chi connectivity index (χ1n) is 9.95. The van der Waals surface area contributed by atoms with Crippen LogP contribution in [0.4, 0.5) is 5.69 Å². The van der Waals surface area contributed by atoms with Crippen LogP contribution in [0.3, 0.4) is 0 Å². The van der Waals surface area contributed by atoms with Crippen LogP contribution in [0.1, 0.15) is 27.7 Å². The van der Waals surface area contributed by atoms with Crippen LogP contribution in [0.5, 0.6) is 17.2 Å². The summed E-state index contributed by atoms with van der Waals surface area (Å²) in [7, 11) is 1.56. The monoisotopic (exact) mass is 437 g/mol. The molecule has 31 heavy (non-hydrogen) atoms. The van der Waals surface area contributed by atoms with Crippen LogP contribution >= 0.6 is 11.3 Å². The lowest BCUT2D eigenvalue weighted by atomic mass is 10.0. The fourth-order valence-corrected chi connectivity index (χ4v) is 4.17. The van der Waals surface area contributed by atoms with Gasteiger partial charge in [0.05, 0.1) is 20.1 Å². The van der Waals surface area contributed by atoms with Crippen molar-refractivity contribution in [2.24, 2.45) is 0 Å². The molecule has 4 rings (SSSR count). The molecule has 0 bridgehead atoms. The third kappa shape index (κ3) is 4.72. The number of hydrogen-bond donors (Lipinski definition) is 0. The fourth-order valence-electron chi connectivity index (χ4n) is 3.48. The van der Waals surface area contributed by atoms with E-state index in [-0.39, 0.29) is 18.1 Å². The van der Waals surface area contributed by atoms with Crippen molar-refractivity contribution in [3.05, 3.63) is 69.9 Å². The number of benzene rings is 2. The van der Waals surface area contributed by atoms with Crippen LogP contribution in [-0.4, -0.2) is 32.0 Å². The molecule has 7 heteroatoms. The summed E-state index contributed by atoms with van der Waals surface area (Å²) in [6.45, 7) is 2.93. The molecule has 1 aliphatic rings.